The average molecular weight is 869 g/mol. The van der Waals surface area contributed by atoms with E-state index in [0.717, 1.165) is 42.0 Å². The molecular weight excluding hydrogens is 821 g/mol. The molecule has 2 nitrogen and oxygen atoms in total. The predicted molar refractivity (Wildman–Crippen MR) is 289 cm³/mol. The van der Waals surface area contributed by atoms with Crippen molar-refractivity contribution in [3.63, 3.8) is 0 Å². The van der Waals surface area contributed by atoms with Gasteiger partial charge >= 0.3 is 0 Å². The molecule has 0 amide bonds. The zero-order valence-electron chi connectivity index (χ0n) is 37.8. The van der Waals surface area contributed by atoms with Crippen molar-refractivity contribution in [3.05, 3.63) is 265 Å². The molecule has 0 aliphatic heterocycles. The van der Waals surface area contributed by atoms with Gasteiger partial charge < -0.3 is 9.47 Å². The van der Waals surface area contributed by atoms with Crippen molar-refractivity contribution < 1.29 is 0 Å². The lowest BCUT2D eigenvalue weighted by molar-refractivity contribution is 0.793. The Balaban J connectivity index is 0.911. The van der Waals surface area contributed by atoms with Crippen molar-refractivity contribution in [1.82, 2.24) is 4.57 Å². The number of nitrogens with zero attached hydrogens (tertiary/aromatic N) is 2. The van der Waals surface area contributed by atoms with Crippen LogP contribution in [-0.4, -0.2) is 4.57 Å². The molecule has 68 heavy (non-hydrogen) atoms. The molecule has 1 atom stereocenters. The van der Waals surface area contributed by atoms with Gasteiger partial charge in [-0.25, -0.2) is 0 Å². The van der Waals surface area contributed by atoms with E-state index in [0.29, 0.717) is 5.92 Å². The highest BCUT2D eigenvalue weighted by molar-refractivity contribution is 6.22. The molecule has 0 fully saturated rings. The normalized spacial score (nSPS) is 15.0. The van der Waals surface area contributed by atoms with Gasteiger partial charge in [0.25, 0.3) is 0 Å². The van der Waals surface area contributed by atoms with Gasteiger partial charge in [-0.05, 0) is 140 Å². The Labute approximate surface area is 398 Å². The summed E-state index contributed by atoms with van der Waals surface area (Å²) in [6.07, 6.45) is 21.3. The lowest BCUT2D eigenvalue weighted by Crippen LogP contribution is -2.10. The molecule has 9 aromatic carbocycles. The smallest absolute Gasteiger partial charge is 0.0619 e. The number of aromatic nitrogens is 1. The quantitative estimate of drug-likeness (QED) is 0.148. The van der Waals surface area contributed by atoms with E-state index in [1.54, 1.807) is 0 Å². The first-order valence-electron chi connectivity index (χ1n) is 24.0. The van der Waals surface area contributed by atoms with Crippen LogP contribution in [-0.2, 0) is 6.42 Å². The summed E-state index contributed by atoms with van der Waals surface area (Å²) in [5.74, 6) is 0.430. The molecule has 3 aliphatic carbocycles. The van der Waals surface area contributed by atoms with Crippen LogP contribution in [0, 0.1) is 5.92 Å². The number of aryl methyl sites for hydroxylation is 1. The van der Waals surface area contributed by atoms with E-state index >= 15 is 0 Å². The number of allylic oxidation sites excluding steroid dienone is 9. The first-order chi connectivity index (χ1) is 33.7. The minimum absolute atomic E-state index is 0.430. The molecule has 0 radical (unpaired) electrons. The van der Waals surface area contributed by atoms with Crippen LogP contribution in [0.1, 0.15) is 29.5 Å². The lowest BCUT2D eigenvalue weighted by atomic mass is 9.82. The number of para-hydroxylation sites is 1. The third-order valence-corrected chi connectivity index (χ3v) is 14.4. The Kier molecular flexibility index (Phi) is 9.83. The van der Waals surface area contributed by atoms with Crippen molar-refractivity contribution >= 4 is 61.3 Å². The summed E-state index contributed by atoms with van der Waals surface area (Å²) in [7, 11) is 0. The van der Waals surface area contributed by atoms with Crippen LogP contribution in [0.4, 0.5) is 17.1 Å². The molecule has 10 aromatic rings. The van der Waals surface area contributed by atoms with Gasteiger partial charge in [-0.3, -0.25) is 0 Å². The fraction of sp³-hybridized carbons (Fsp3) is 0.0606. The number of hydrogen-bond acceptors (Lipinski definition) is 1. The third-order valence-electron chi connectivity index (χ3n) is 14.4. The number of hydrogen-bond donors (Lipinski definition) is 0. The van der Waals surface area contributed by atoms with Gasteiger partial charge in [0.2, 0.25) is 0 Å². The second-order valence-electron chi connectivity index (χ2n) is 18.3. The lowest BCUT2D eigenvalue weighted by Gasteiger charge is -2.27. The highest BCUT2D eigenvalue weighted by Crippen LogP contribution is 2.44. The molecule has 322 valence electrons. The van der Waals surface area contributed by atoms with E-state index in [9.17, 15) is 0 Å². The highest BCUT2D eigenvalue weighted by atomic mass is 15.1. The minimum atomic E-state index is 0.430. The van der Waals surface area contributed by atoms with Crippen LogP contribution in [0.15, 0.2) is 248 Å². The monoisotopic (exact) mass is 868 g/mol. The maximum Gasteiger partial charge on any atom is 0.0619 e. The molecule has 2 heteroatoms. The average Bonchev–Trinajstić information content (AvgIpc) is 3.77. The Hall–Kier alpha value is -8.46. The van der Waals surface area contributed by atoms with Gasteiger partial charge in [0.1, 0.15) is 0 Å². The number of fused-ring (bicyclic) bond motifs is 7. The summed E-state index contributed by atoms with van der Waals surface area (Å²) >= 11 is 0. The molecule has 0 saturated heterocycles. The molecule has 1 heterocycles. The van der Waals surface area contributed by atoms with Crippen molar-refractivity contribution in [2.75, 3.05) is 4.90 Å². The summed E-state index contributed by atoms with van der Waals surface area (Å²) in [5, 5.41) is 4.99. The maximum atomic E-state index is 2.45. The van der Waals surface area contributed by atoms with E-state index in [2.05, 4.69) is 258 Å². The fourth-order valence-corrected chi connectivity index (χ4v) is 11.0. The fourth-order valence-electron chi connectivity index (χ4n) is 11.0. The standard InChI is InChI=1S/C66H48N2/c1-2-19-55(20-3-1)68-64-26-12-25-61(65(64)63-42-37-50-15-7-9-23-62(50)66(63)68)54-18-10-21-58(44-54)67(57-40-35-48(36-41-57)53-32-29-45-13-4-5-16-52(45)43-53)56-38-33-47(34-39-56)46-27-30-51(31-28-46)60-24-11-17-49-14-6-8-22-59(49)60/h1-5,7-13,15-42,44,52H,6,14,43H2. The first-order valence-corrected chi connectivity index (χ1v) is 24.0. The Bertz CT molecular complexity index is 3730. The van der Waals surface area contributed by atoms with Gasteiger partial charge in [0.15, 0.2) is 0 Å². The molecule has 0 spiro atoms. The number of rotatable bonds is 8. The Morgan fingerprint density at radius 2 is 1.21 bits per heavy atom. The number of benzene rings is 9. The molecule has 0 bridgehead atoms. The van der Waals surface area contributed by atoms with Crippen molar-refractivity contribution in [2.24, 2.45) is 5.92 Å². The van der Waals surface area contributed by atoms with Crippen molar-refractivity contribution in [2.45, 2.75) is 19.3 Å². The molecule has 3 aliphatic rings. The summed E-state index contributed by atoms with van der Waals surface area (Å²) in [5.41, 5.74) is 21.1. The van der Waals surface area contributed by atoms with Crippen LogP contribution in [0.3, 0.4) is 0 Å². The van der Waals surface area contributed by atoms with Crippen molar-refractivity contribution in [1.29, 1.82) is 0 Å². The Morgan fingerprint density at radius 3 is 2.04 bits per heavy atom. The molecule has 0 saturated carbocycles. The van der Waals surface area contributed by atoms with E-state index in [1.165, 1.54) is 93.8 Å². The zero-order chi connectivity index (χ0) is 45.0. The number of anilines is 3. The molecule has 1 unspecified atom stereocenters. The van der Waals surface area contributed by atoms with E-state index in [1.807, 2.05) is 0 Å². The molecule has 13 rings (SSSR count). The summed E-state index contributed by atoms with van der Waals surface area (Å²) in [4.78, 5) is 2.41. The van der Waals surface area contributed by atoms with Crippen LogP contribution in [0.25, 0.3) is 83.3 Å². The van der Waals surface area contributed by atoms with Crippen LogP contribution < -0.4 is 4.90 Å². The van der Waals surface area contributed by atoms with Gasteiger partial charge in [-0.2, -0.15) is 0 Å². The Morgan fingerprint density at radius 1 is 0.485 bits per heavy atom. The molecule has 0 N–H and O–H groups in total. The highest BCUT2D eigenvalue weighted by Gasteiger charge is 2.22. The summed E-state index contributed by atoms with van der Waals surface area (Å²) in [6, 6.07) is 74.2. The van der Waals surface area contributed by atoms with Crippen molar-refractivity contribution in [3.8, 4) is 39.1 Å². The zero-order valence-corrected chi connectivity index (χ0v) is 37.8. The van der Waals surface area contributed by atoms with Crippen LogP contribution >= 0.6 is 0 Å². The SMILES string of the molecule is C1=CC2=CC=C(c3ccc(N(c4ccc(-c5ccc(-c6cccc7c6C=CCC7)cc5)cc4)c4cccc(-c5cccc6c5c5ccc7ccccc7c5n6-c5ccccc5)c4)cc3)CC2C=C1. The van der Waals surface area contributed by atoms with E-state index < -0.39 is 0 Å². The topological polar surface area (TPSA) is 8.17 Å². The van der Waals surface area contributed by atoms with Gasteiger partial charge in [-0.1, -0.05) is 194 Å². The van der Waals surface area contributed by atoms with Gasteiger partial charge in [0, 0.05) is 44.8 Å². The first kappa shape index (κ1) is 39.9. The third kappa shape index (κ3) is 6.96. The van der Waals surface area contributed by atoms with Crippen LogP contribution in [0.5, 0.6) is 0 Å². The van der Waals surface area contributed by atoms with Gasteiger partial charge in [-0.15, -0.1) is 0 Å². The second kappa shape index (κ2) is 16.8. The second-order valence-corrected chi connectivity index (χ2v) is 18.3. The minimum Gasteiger partial charge on any atom is -0.310 e. The maximum absolute atomic E-state index is 2.45. The van der Waals surface area contributed by atoms with E-state index in [-0.39, 0.29) is 0 Å². The largest absolute Gasteiger partial charge is 0.310 e. The molecular formula is C66H48N2. The summed E-state index contributed by atoms with van der Waals surface area (Å²) < 4.78 is 2.45. The van der Waals surface area contributed by atoms with E-state index in [4.69, 9.17) is 0 Å². The predicted octanol–water partition coefficient (Wildman–Crippen LogP) is 17.8. The summed E-state index contributed by atoms with van der Waals surface area (Å²) in [6.45, 7) is 0. The molecule has 1 aromatic heterocycles. The van der Waals surface area contributed by atoms with Crippen LogP contribution in [0.2, 0.25) is 0 Å². The van der Waals surface area contributed by atoms with Gasteiger partial charge in [0.05, 0.1) is 11.0 Å².